The Labute approximate surface area is 195 Å². The number of aromatic amines is 1. The third kappa shape index (κ3) is 4.90. The van der Waals surface area contributed by atoms with Crippen LogP contribution in [0.1, 0.15) is 70.6 Å². The SMILES string of the molecule is CC(C)(C)OC(=O)NCCc1c(CC(=O)OC23CC4CC(CC(C4)C2)C3)[nH]c2ccccc12. The summed E-state index contributed by atoms with van der Waals surface area (Å²) in [6.45, 7) is 5.98. The number of esters is 1. The first-order valence-corrected chi connectivity index (χ1v) is 12.5. The van der Waals surface area contributed by atoms with Crippen LogP contribution in [0.25, 0.3) is 10.9 Å². The van der Waals surface area contributed by atoms with Crippen LogP contribution in [0, 0.1) is 17.8 Å². The average Bonchev–Trinajstić information content (AvgIpc) is 3.02. The highest BCUT2D eigenvalue weighted by Crippen LogP contribution is 2.57. The second kappa shape index (κ2) is 8.37. The summed E-state index contributed by atoms with van der Waals surface area (Å²) < 4.78 is 11.6. The van der Waals surface area contributed by atoms with Crippen molar-refractivity contribution in [1.29, 1.82) is 0 Å². The van der Waals surface area contributed by atoms with E-state index in [2.05, 4.69) is 16.4 Å². The van der Waals surface area contributed by atoms with Gasteiger partial charge in [0.15, 0.2) is 0 Å². The van der Waals surface area contributed by atoms with Crippen molar-refractivity contribution in [2.45, 2.75) is 83.3 Å². The molecule has 178 valence electrons. The Morgan fingerprint density at radius 3 is 2.33 bits per heavy atom. The van der Waals surface area contributed by atoms with Gasteiger partial charge in [-0.25, -0.2) is 4.79 Å². The summed E-state index contributed by atoms with van der Waals surface area (Å²) in [4.78, 5) is 28.6. The van der Waals surface area contributed by atoms with Crippen molar-refractivity contribution in [2.75, 3.05) is 6.54 Å². The molecule has 6 nitrogen and oxygen atoms in total. The highest BCUT2D eigenvalue weighted by molar-refractivity contribution is 5.86. The van der Waals surface area contributed by atoms with Gasteiger partial charge in [0.05, 0.1) is 6.42 Å². The highest BCUT2D eigenvalue weighted by atomic mass is 16.6. The maximum atomic E-state index is 13.1. The molecule has 6 rings (SSSR count). The number of hydrogen-bond donors (Lipinski definition) is 2. The molecule has 0 saturated heterocycles. The van der Waals surface area contributed by atoms with Crippen LogP contribution in [-0.4, -0.2) is 34.8 Å². The average molecular weight is 453 g/mol. The zero-order chi connectivity index (χ0) is 23.2. The topological polar surface area (TPSA) is 80.4 Å². The Morgan fingerprint density at radius 2 is 1.70 bits per heavy atom. The number of amides is 1. The van der Waals surface area contributed by atoms with E-state index in [4.69, 9.17) is 9.47 Å². The van der Waals surface area contributed by atoms with Crippen molar-refractivity contribution in [3.8, 4) is 0 Å². The lowest BCUT2D eigenvalue weighted by Crippen LogP contribution is -2.52. The molecule has 33 heavy (non-hydrogen) atoms. The number of nitrogens with one attached hydrogen (secondary N) is 2. The molecule has 4 saturated carbocycles. The number of carbonyl (C=O) groups excluding carboxylic acids is 2. The molecule has 4 aliphatic rings. The van der Waals surface area contributed by atoms with Crippen LogP contribution in [0.15, 0.2) is 24.3 Å². The van der Waals surface area contributed by atoms with Gasteiger partial charge in [-0.2, -0.15) is 0 Å². The predicted molar refractivity (Wildman–Crippen MR) is 127 cm³/mol. The zero-order valence-corrected chi connectivity index (χ0v) is 20.0. The number of rotatable bonds is 6. The molecule has 2 N–H and O–H groups in total. The number of para-hydroxylation sites is 1. The van der Waals surface area contributed by atoms with Gasteiger partial charge < -0.3 is 19.8 Å². The van der Waals surface area contributed by atoms with Crippen molar-refractivity contribution >= 4 is 23.0 Å². The van der Waals surface area contributed by atoms with Crippen LogP contribution in [0.3, 0.4) is 0 Å². The van der Waals surface area contributed by atoms with Gasteiger partial charge in [-0.3, -0.25) is 4.79 Å². The highest BCUT2D eigenvalue weighted by Gasteiger charge is 2.53. The second-order valence-electron chi connectivity index (χ2n) is 11.6. The summed E-state index contributed by atoms with van der Waals surface area (Å²) in [5.41, 5.74) is 2.19. The fourth-order valence-corrected chi connectivity index (χ4v) is 6.87. The number of aromatic nitrogens is 1. The van der Waals surface area contributed by atoms with Crippen LogP contribution in [0.2, 0.25) is 0 Å². The minimum absolute atomic E-state index is 0.134. The summed E-state index contributed by atoms with van der Waals surface area (Å²) in [5.74, 6) is 2.09. The van der Waals surface area contributed by atoms with E-state index in [9.17, 15) is 9.59 Å². The summed E-state index contributed by atoms with van der Waals surface area (Å²) >= 11 is 0. The summed E-state index contributed by atoms with van der Waals surface area (Å²) in [6, 6.07) is 8.06. The molecular weight excluding hydrogens is 416 g/mol. The maximum absolute atomic E-state index is 13.1. The summed E-state index contributed by atoms with van der Waals surface area (Å²) in [5, 5.41) is 3.92. The van der Waals surface area contributed by atoms with E-state index in [0.29, 0.717) is 13.0 Å². The van der Waals surface area contributed by atoms with Gasteiger partial charge in [-0.1, -0.05) is 18.2 Å². The fraction of sp³-hybridized carbons (Fsp3) is 0.630. The van der Waals surface area contributed by atoms with E-state index in [0.717, 1.165) is 59.2 Å². The molecule has 2 aromatic rings. The van der Waals surface area contributed by atoms with E-state index in [-0.39, 0.29) is 18.0 Å². The van der Waals surface area contributed by atoms with E-state index < -0.39 is 11.7 Å². The standard InChI is InChI=1S/C27H36N2O4/c1-26(2,3)33-25(31)28-9-8-21-20-6-4-5-7-22(20)29-23(21)13-24(30)32-27-14-17-10-18(15-27)12-19(11-17)16-27/h4-7,17-19,29H,8-16H2,1-3H3,(H,28,31). The Kier molecular flexibility index (Phi) is 5.66. The molecule has 1 heterocycles. The third-order valence-corrected chi connectivity index (χ3v) is 7.58. The Morgan fingerprint density at radius 1 is 1.06 bits per heavy atom. The number of H-pyrrole nitrogens is 1. The minimum atomic E-state index is -0.531. The number of carbonyl (C=O) groups is 2. The molecule has 0 radical (unpaired) electrons. The van der Waals surface area contributed by atoms with E-state index in [1.807, 2.05) is 39.0 Å². The van der Waals surface area contributed by atoms with Gasteiger partial charge in [-0.15, -0.1) is 0 Å². The van der Waals surface area contributed by atoms with E-state index in [1.165, 1.54) is 19.3 Å². The molecular formula is C27H36N2O4. The number of ether oxygens (including phenoxy) is 2. The molecule has 0 aliphatic heterocycles. The van der Waals surface area contributed by atoms with E-state index >= 15 is 0 Å². The van der Waals surface area contributed by atoms with Crippen molar-refractivity contribution in [1.82, 2.24) is 10.3 Å². The minimum Gasteiger partial charge on any atom is -0.459 e. The van der Waals surface area contributed by atoms with Crippen LogP contribution in [0.4, 0.5) is 4.79 Å². The lowest BCUT2D eigenvalue weighted by Gasteiger charge is -2.55. The Hall–Kier alpha value is -2.50. The zero-order valence-electron chi connectivity index (χ0n) is 20.0. The van der Waals surface area contributed by atoms with Crippen LogP contribution in [-0.2, 0) is 27.1 Å². The smallest absolute Gasteiger partial charge is 0.407 e. The monoisotopic (exact) mass is 452 g/mol. The number of fused-ring (bicyclic) bond motifs is 1. The van der Waals surface area contributed by atoms with Crippen molar-refractivity contribution in [3.63, 3.8) is 0 Å². The lowest BCUT2D eigenvalue weighted by molar-refractivity contribution is -0.185. The third-order valence-electron chi connectivity index (χ3n) is 7.58. The normalized spacial score (nSPS) is 28.2. The van der Waals surface area contributed by atoms with Gasteiger partial charge >= 0.3 is 12.1 Å². The van der Waals surface area contributed by atoms with Gasteiger partial charge in [0.25, 0.3) is 0 Å². The first kappa shape index (κ1) is 22.3. The molecule has 1 aromatic heterocycles. The first-order valence-electron chi connectivity index (χ1n) is 12.5. The molecule has 6 heteroatoms. The molecule has 4 bridgehead atoms. The van der Waals surface area contributed by atoms with Crippen LogP contribution in [0.5, 0.6) is 0 Å². The van der Waals surface area contributed by atoms with Crippen molar-refractivity contribution in [3.05, 3.63) is 35.5 Å². The molecule has 4 aliphatic carbocycles. The second-order valence-corrected chi connectivity index (χ2v) is 11.6. The van der Waals surface area contributed by atoms with Gasteiger partial charge in [0, 0.05) is 23.1 Å². The maximum Gasteiger partial charge on any atom is 0.407 e. The molecule has 0 unspecified atom stereocenters. The quantitative estimate of drug-likeness (QED) is 0.584. The Balaban J connectivity index is 1.27. The van der Waals surface area contributed by atoms with Crippen LogP contribution < -0.4 is 5.32 Å². The first-order chi connectivity index (χ1) is 15.7. The number of hydrogen-bond acceptors (Lipinski definition) is 4. The van der Waals surface area contributed by atoms with Gasteiger partial charge in [-0.05, 0) is 95.1 Å². The summed E-state index contributed by atoms with van der Waals surface area (Å²) in [7, 11) is 0. The summed E-state index contributed by atoms with van der Waals surface area (Å²) in [6.07, 6.45) is 7.54. The molecule has 0 atom stereocenters. The van der Waals surface area contributed by atoms with Gasteiger partial charge in [0.2, 0.25) is 0 Å². The fourth-order valence-electron chi connectivity index (χ4n) is 6.87. The van der Waals surface area contributed by atoms with Crippen LogP contribution >= 0.6 is 0 Å². The molecule has 0 spiro atoms. The molecule has 4 fully saturated rings. The van der Waals surface area contributed by atoms with Crippen molar-refractivity contribution < 1.29 is 19.1 Å². The predicted octanol–water partition coefficient (Wildman–Crippen LogP) is 5.29. The number of benzene rings is 1. The van der Waals surface area contributed by atoms with Crippen molar-refractivity contribution in [2.24, 2.45) is 17.8 Å². The van der Waals surface area contributed by atoms with E-state index in [1.54, 1.807) is 0 Å². The largest absolute Gasteiger partial charge is 0.459 e. The molecule has 1 aromatic carbocycles. The Bertz CT molecular complexity index is 1010. The molecule has 1 amide bonds. The van der Waals surface area contributed by atoms with Gasteiger partial charge in [0.1, 0.15) is 11.2 Å². The lowest BCUT2D eigenvalue weighted by atomic mass is 9.54. The number of alkyl carbamates (subject to hydrolysis) is 1.